The van der Waals surface area contributed by atoms with Gasteiger partial charge < -0.3 is 10.0 Å². The van der Waals surface area contributed by atoms with E-state index in [1.807, 2.05) is 0 Å². The van der Waals surface area contributed by atoms with Crippen molar-refractivity contribution in [1.29, 1.82) is 0 Å². The van der Waals surface area contributed by atoms with E-state index in [1.165, 1.54) is 16.3 Å². The van der Waals surface area contributed by atoms with Crippen molar-refractivity contribution in [3.8, 4) is 0 Å². The Morgan fingerprint density at radius 2 is 1.76 bits per heavy atom. The molecule has 0 aliphatic heterocycles. The average Bonchev–Trinajstić information content (AvgIpc) is 2.35. The van der Waals surface area contributed by atoms with E-state index < -0.39 is 0 Å². The molecule has 2 nitrogen and oxygen atoms in total. The standard InChI is InChI=1S/C15H19NO/c1-16(2)15(10-11-17)14-9-5-7-12-6-3-4-8-13(12)14/h3-9,15,17H,10-11H2,1-2H3. The Balaban J connectivity index is 2.52. The van der Waals surface area contributed by atoms with Crippen LogP contribution in [0.2, 0.25) is 0 Å². The molecule has 2 rings (SSSR count). The first-order chi connectivity index (χ1) is 8.24. The van der Waals surface area contributed by atoms with E-state index in [9.17, 15) is 5.11 Å². The van der Waals surface area contributed by atoms with Gasteiger partial charge in [-0.2, -0.15) is 0 Å². The fourth-order valence-electron chi connectivity index (χ4n) is 2.36. The molecule has 17 heavy (non-hydrogen) atoms. The summed E-state index contributed by atoms with van der Waals surface area (Å²) in [6, 6.07) is 15.0. The van der Waals surface area contributed by atoms with Crippen molar-refractivity contribution < 1.29 is 5.11 Å². The number of hydrogen-bond acceptors (Lipinski definition) is 2. The summed E-state index contributed by atoms with van der Waals surface area (Å²) in [6.45, 7) is 0.214. The van der Waals surface area contributed by atoms with Gasteiger partial charge in [0, 0.05) is 12.6 Å². The van der Waals surface area contributed by atoms with E-state index in [0.29, 0.717) is 0 Å². The van der Waals surface area contributed by atoms with Gasteiger partial charge in [-0.15, -0.1) is 0 Å². The Labute approximate surface area is 102 Å². The van der Waals surface area contributed by atoms with Gasteiger partial charge in [0.05, 0.1) is 0 Å². The minimum Gasteiger partial charge on any atom is -0.396 e. The normalized spacial score (nSPS) is 13.2. The third kappa shape index (κ3) is 2.48. The SMILES string of the molecule is CN(C)C(CCO)c1cccc2ccccc12. The fourth-order valence-corrected chi connectivity index (χ4v) is 2.36. The number of fused-ring (bicyclic) bond motifs is 1. The Kier molecular flexibility index (Phi) is 3.77. The van der Waals surface area contributed by atoms with Crippen LogP contribution in [-0.2, 0) is 0 Å². The Hall–Kier alpha value is -1.38. The van der Waals surface area contributed by atoms with Crippen molar-refractivity contribution in [3.05, 3.63) is 48.0 Å². The zero-order valence-electron chi connectivity index (χ0n) is 10.4. The van der Waals surface area contributed by atoms with Crippen LogP contribution in [0.1, 0.15) is 18.0 Å². The van der Waals surface area contributed by atoms with Gasteiger partial charge >= 0.3 is 0 Å². The number of hydrogen-bond donors (Lipinski definition) is 1. The molecule has 0 radical (unpaired) electrons. The molecule has 0 saturated heterocycles. The molecule has 0 aliphatic carbocycles. The zero-order chi connectivity index (χ0) is 12.3. The van der Waals surface area contributed by atoms with Crippen LogP contribution in [0.3, 0.4) is 0 Å². The van der Waals surface area contributed by atoms with Crippen LogP contribution in [0.25, 0.3) is 10.8 Å². The molecule has 2 aromatic carbocycles. The smallest absolute Gasteiger partial charge is 0.0449 e. The number of aliphatic hydroxyl groups is 1. The predicted octanol–water partition coefficient (Wildman–Crippen LogP) is 2.82. The average molecular weight is 229 g/mol. The molecule has 2 aromatic rings. The van der Waals surface area contributed by atoms with Gasteiger partial charge in [0.15, 0.2) is 0 Å². The largest absolute Gasteiger partial charge is 0.396 e. The first-order valence-corrected chi connectivity index (χ1v) is 5.99. The van der Waals surface area contributed by atoms with Crippen molar-refractivity contribution in [1.82, 2.24) is 4.90 Å². The maximum absolute atomic E-state index is 9.19. The molecule has 0 bridgehead atoms. The Bertz CT molecular complexity index is 488. The van der Waals surface area contributed by atoms with Crippen molar-refractivity contribution in [3.63, 3.8) is 0 Å². The van der Waals surface area contributed by atoms with Gasteiger partial charge in [-0.05, 0) is 36.9 Å². The van der Waals surface area contributed by atoms with E-state index in [0.717, 1.165) is 6.42 Å². The van der Waals surface area contributed by atoms with Crippen LogP contribution < -0.4 is 0 Å². The predicted molar refractivity (Wildman–Crippen MR) is 72.1 cm³/mol. The topological polar surface area (TPSA) is 23.5 Å². The highest BCUT2D eigenvalue weighted by Gasteiger charge is 2.15. The van der Waals surface area contributed by atoms with Gasteiger partial charge in [0.25, 0.3) is 0 Å². The summed E-state index contributed by atoms with van der Waals surface area (Å²) < 4.78 is 0. The van der Waals surface area contributed by atoms with Crippen LogP contribution in [0.4, 0.5) is 0 Å². The summed E-state index contributed by atoms with van der Waals surface area (Å²) >= 11 is 0. The molecular weight excluding hydrogens is 210 g/mol. The summed E-state index contributed by atoms with van der Waals surface area (Å²) in [4.78, 5) is 2.16. The van der Waals surface area contributed by atoms with E-state index in [1.54, 1.807) is 0 Å². The molecule has 0 heterocycles. The maximum atomic E-state index is 9.19. The molecular formula is C15H19NO. The van der Waals surface area contributed by atoms with Crippen molar-refractivity contribution >= 4 is 10.8 Å². The highest BCUT2D eigenvalue weighted by atomic mass is 16.3. The first kappa shape index (κ1) is 12.1. The van der Waals surface area contributed by atoms with Crippen molar-refractivity contribution in [2.45, 2.75) is 12.5 Å². The Morgan fingerprint density at radius 3 is 2.47 bits per heavy atom. The fraction of sp³-hybridized carbons (Fsp3) is 0.333. The van der Waals surface area contributed by atoms with Crippen LogP contribution in [0.5, 0.6) is 0 Å². The van der Waals surface area contributed by atoms with E-state index >= 15 is 0 Å². The molecule has 1 atom stereocenters. The highest BCUT2D eigenvalue weighted by Crippen LogP contribution is 2.28. The lowest BCUT2D eigenvalue weighted by Crippen LogP contribution is -2.21. The molecule has 0 fully saturated rings. The lowest BCUT2D eigenvalue weighted by atomic mass is 9.96. The summed E-state index contributed by atoms with van der Waals surface area (Å²) in [7, 11) is 4.12. The van der Waals surface area contributed by atoms with E-state index in [2.05, 4.69) is 61.5 Å². The van der Waals surface area contributed by atoms with Gasteiger partial charge in [-0.25, -0.2) is 0 Å². The first-order valence-electron chi connectivity index (χ1n) is 5.99. The second-order valence-electron chi connectivity index (χ2n) is 4.56. The number of aliphatic hydroxyl groups excluding tert-OH is 1. The minimum atomic E-state index is 0.214. The van der Waals surface area contributed by atoms with Crippen LogP contribution in [-0.4, -0.2) is 30.7 Å². The summed E-state index contributed by atoms with van der Waals surface area (Å²) in [5, 5.41) is 11.7. The van der Waals surface area contributed by atoms with Crippen LogP contribution in [0.15, 0.2) is 42.5 Å². The second-order valence-corrected chi connectivity index (χ2v) is 4.56. The maximum Gasteiger partial charge on any atom is 0.0449 e. The number of benzene rings is 2. The van der Waals surface area contributed by atoms with E-state index in [4.69, 9.17) is 0 Å². The third-order valence-corrected chi connectivity index (χ3v) is 3.21. The molecule has 0 spiro atoms. The second kappa shape index (κ2) is 5.30. The molecule has 0 saturated carbocycles. The Morgan fingerprint density at radius 1 is 1.06 bits per heavy atom. The molecule has 1 unspecified atom stereocenters. The lowest BCUT2D eigenvalue weighted by Gasteiger charge is -2.25. The molecule has 0 amide bonds. The highest BCUT2D eigenvalue weighted by molar-refractivity contribution is 5.86. The quantitative estimate of drug-likeness (QED) is 0.871. The van der Waals surface area contributed by atoms with Crippen molar-refractivity contribution in [2.24, 2.45) is 0 Å². The summed E-state index contributed by atoms with van der Waals surface area (Å²) in [5.41, 5.74) is 1.29. The van der Waals surface area contributed by atoms with Gasteiger partial charge in [0.1, 0.15) is 0 Å². The third-order valence-electron chi connectivity index (χ3n) is 3.21. The zero-order valence-corrected chi connectivity index (χ0v) is 10.4. The van der Waals surface area contributed by atoms with Gasteiger partial charge in [0.2, 0.25) is 0 Å². The molecule has 1 N–H and O–H groups in total. The van der Waals surface area contributed by atoms with E-state index in [-0.39, 0.29) is 12.6 Å². The summed E-state index contributed by atoms with van der Waals surface area (Å²) in [6.07, 6.45) is 0.765. The van der Waals surface area contributed by atoms with Crippen LogP contribution >= 0.6 is 0 Å². The summed E-state index contributed by atoms with van der Waals surface area (Å²) in [5.74, 6) is 0. The van der Waals surface area contributed by atoms with Crippen molar-refractivity contribution in [2.75, 3.05) is 20.7 Å². The molecule has 0 aromatic heterocycles. The lowest BCUT2D eigenvalue weighted by molar-refractivity contribution is 0.211. The van der Waals surface area contributed by atoms with Gasteiger partial charge in [-0.1, -0.05) is 42.5 Å². The minimum absolute atomic E-state index is 0.214. The number of rotatable bonds is 4. The molecule has 0 aliphatic rings. The monoisotopic (exact) mass is 229 g/mol. The number of nitrogens with zero attached hydrogens (tertiary/aromatic N) is 1. The van der Waals surface area contributed by atoms with Crippen LogP contribution in [0, 0.1) is 0 Å². The molecule has 90 valence electrons. The van der Waals surface area contributed by atoms with Gasteiger partial charge in [-0.3, -0.25) is 0 Å². The molecule has 2 heteroatoms.